The first-order valence-electron chi connectivity index (χ1n) is 4.78. The number of benzene rings is 1. The van der Waals surface area contributed by atoms with Gasteiger partial charge in [-0.2, -0.15) is 8.42 Å². The van der Waals surface area contributed by atoms with Gasteiger partial charge in [-0.3, -0.25) is 9.55 Å². The summed E-state index contributed by atoms with van der Waals surface area (Å²) in [6.07, 6.45) is 0. The molecule has 0 aliphatic carbocycles. The average Bonchev–Trinajstić information content (AvgIpc) is 2.39. The Morgan fingerprint density at radius 1 is 1.41 bits per heavy atom. The summed E-state index contributed by atoms with van der Waals surface area (Å²) in [6.45, 7) is 3.83. The molecule has 0 saturated heterocycles. The first-order chi connectivity index (χ1) is 7.73. The largest absolute Gasteiger partial charge is 0.296 e. The van der Waals surface area contributed by atoms with E-state index >= 15 is 0 Å². The fourth-order valence-electron chi connectivity index (χ4n) is 1.84. The van der Waals surface area contributed by atoms with Gasteiger partial charge in [-0.15, -0.1) is 0 Å². The first-order valence-corrected chi connectivity index (χ1v) is 7.80. The molecule has 1 aromatic carbocycles. The van der Waals surface area contributed by atoms with Crippen LogP contribution in [0.3, 0.4) is 0 Å². The molecule has 17 heavy (non-hydrogen) atoms. The van der Waals surface area contributed by atoms with Crippen LogP contribution >= 0.6 is 31.9 Å². The van der Waals surface area contributed by atoms with Crippen molar-refractivity contribution in [2.75, 3.05) is 0 Å². The first kappa shape index (κ1) is 13.2. The normalized spacial score (nSPS) is 19.1. The van der Waals surface area contributed by atoms with Gasteiger partial charge in [-0.25, -0.2) is 0 Å². The van der Waals surface area contributed by atoms with Crippen LogP contribution < -0.4 is 0 Å². The van der Waals surface area contributed by atoms with E-state index < -0.39 is 10.1 Å². The molecule has 1 unspecified atom stereocenters. The van der Waals surface area contributed by atoms with Gasteiger partial charge in [0.25, 0.3) is 10.1 Å². The Bertz CT molecular complexity index is 637. The maximum Gasteiger partial charge on any atom is 0.296 e. The minimum atomic E-state index is -4.27. The fourth-order valence-corrected chi connectivity index (χ4v) is 5.15. The second-order valence-corrected chi connectivity index (χ2v) is 6.89. The van der Waals surface area contributed by atoms with E-state index in [2.05, 4.69) is 36.9 Å². The Morgan fingerprint density at radius 3 is 2.53 bits per heavy atom. The van der Waals surface area contributed by atoms with Crippen LogP contribution in [0.25, 0.3) is 0 Å². The van der Waals surface area contributed by atoms with Gasteiger partial charge in [-0.1, -0.05) is 6.92 Å². The minimum Gasteiger partial charge on any atom is -0.282 e. The number of fused-ring (bicyclic) bond motifs is 1. The third-order valence-electron chi connectivity index (χ3n) is 2.81. The number of hydrogen-bond acceptors (Lipinski definition) is 3. The van der Waals surface area contributed by atoms with Crippen LogP contribution in [-0.4, -0.2) is 18.7 Å². The summed E-state index contributed by atoms with van der Waals surface area (Å²) in [5.41, 5.74) is 2.43. The summed E-state index contributed by atoms with van der Waals surface area (Å²) >= 11 is 6.38. The number of hydrogen-bond donors (Lipinski definition) is 1. The topological polar surface area (TPSA) is 66.7 Å². The van der Waals surface area contributed by atoms with E-state index in [4.69, 9.17) is 0 Å². The minimum absolute atomic E-state index is 0.0352. The van der Waals surface area contributed by atoms with Crippen molar-refractivity contribution in [2.24, 2.45) is 4.99 Å². The number of aliphatic imine (C=N–C) groups is 1. The van der Waals surface area contributed by atoms with Gasteiger partial charge in [0, 0.05) is 26.1 Å². The number of nitrogens with zero attached hydrogens (tertiary/aromatic N) is 1. The highest BCUT2D eigenvalue weighted by Crippen LogP contribution is 2.45. The molecule has 4 nitrogen and oxygen atoms in total. The molecule has 0 bridgehead atoms. The molecule has 92 valence electrons. The van der Waals surface area contributed by atoms with Crippen molar-refractivity contribution < 1.29 is 13.0 Å². The zero-order chi connectivity index (χ0) is 13.0. The van der Waals surface area contributed by atoms with Crippen molar-refractivity contribution in [1.82, 2.24) is 0 Å². The van der Waals surface area contributed by atoms with Gasteiger partial charge >= 0.3 is 0 Å². The lowest BCUT2D eigenvalue weighted by atomic mass is 9.99. The van der Waals surface area contributed by atoms with Gasteiger partial charge in [-0.05, 0) is 44.8 Å². The Labute approximate surface area is 116 Å². The molecule has 0 spiro atoms. The van der Waals surface area contributed by atoms with Crippen molar-refractivity contribution in [1.29, 1.82) is 0 Å². The second kappa shape index (κ2) is 4.15. The number of halogens is 2. The van der Waals surface area contributed by atoms with E-state index in [1.54, 1.807) is 6.07 Å². The highest BCUT2D eigenvalue weighted by Gasteiger charge is 2.30. The molecule has 0 amide bonds. The fraction of sp³-hybridized carbons (Fsp3) is 0.300. The summed E-state index contributed by atoms with van der Waals surface area (Å²) in [5, 5.41) is 0. The second-order valence-electron chi connectivity index (χ2n) is 3.88. The van der Waals surface area contributed by atoms with Crippen LogP contribution in [0.5, 0.6) is 0 Å². The molecule has 0 radical (unpaired) electrons. The van der Waals surface area contributed by atoms with E-state index in [1.165, 1.54) is 0 Å². The van der Waals surface area contributed by atoms with Gasteiger partial charge in [0.1, 0.15) is 4.90 Å². The van der Waals surface area contributed by atoms with Crippen LogP contribution in [0.4, 0.5) is 5.69 Å². The molecule has 1 aromatic rings. The lowest BCUT2D eigenvalue weighted by Gasteiger charge is -2.12. The monoisotopic (exact) mass is 381 g/mol. The molecule has 1 aliphatic rings. The summed E-state index contributed by atoms with van der Waals surface area (Å²) < 4.78 is 32.5. The molecule has 2 rings (SSSR count). The van der Waals surface area contributed by atoms with Gasteiger partial charge in [0.05, 0.1) is 5.69 Å². The lowest BCUT2D eigenvalue weighted by Crippen LogP contribution is -2.05. The Hall–Kier alpha value is -0.240. The standard InChI is InChI=1S/C10H9Br2NO3S/c1-4-5(2)13-7-3-6(11)10(17(14,15)16)9(12)8(4)7/h3-4H,1-2H3,(H,14,15,16). The lowest BCUT2D eigenvalue weighted by molar-refractivity contribution is 0.482. The van der Waals surface area contributed by atoms with Crippen LogP contribution in [0.15, 0.2) is 24.9 Å². The maximum atomic E-state index is 11.3. The van der Waals surface area contributed by atoms with Crippen molar-refractivity contribution in [2.45, 2.75) is 24.7 Å². The smallest absolute Gasteiger partial charge is 0.282 e. The quantitative estimate of drug-likeness (QED) is 0.753. The predicted molar refractivity (Wildman–Crippen MR) is 72.8 cm³/mol. The van der Waals surface area contributed by atoms with E-state index in [9.17, 15) is 13.0 Å². The van der Waals surface area contributed by atoms with Gasteiger partial charge in [0.15, 0.2) is 0 Å². The van der Waals surface area contributed by atoms with Gasteiger partial charge < -0.3 is 0 Å². The van der Waals surface area contributed by atoms with E-state index in [0.29, 0.717) is 8.95 Å². The highest BCUT2D eigenvalue weighted by molar-refractivity contribution is 9.11. The molecule has 7 heteroatoms. The maximum absolute atomic E-state index is 11.3. The number of rotatable bonds is 1. The SMILES string of the molecule is CC1=Nc2cc(Br)c(S(=O)(=O)O)c(Br)c2C1C. The van der Waals surface area contributed by atoms with Crippen molar-refractivity contribution in [3.63, 3.8) is 0 Å². The summed E-state index contributed by atoms with van der Waals surface area (Å²) in [5.74, 6) is 0.0352. The van der Waals surface area contributed by atoms with E-state index in [-0.39, 0.29) is 10.8 Å². The third kappa shape index (κ3) is 2.09. The van der Waals surface area contributed by atoms with Crippen molar-refractivity contribution >= 4 is 53.4 Å². The van der Waals surface area contributed by atoms with Crippen LogP contribution in [0.2, 0.25) is 0 Å². The molecular weight excluding hydrogens is 374 g/mol. The molecule has 0 aromatic heterocycles. The van der Waals surface area contributed by atoms with Crippen LogP contribution in [-0.2, 0) is 10.1 Å². The molecule has 1 aliphatic heterocycles. The van der Waals surface area contributed by atoms with Crippen LogP contribution in [0.1, 0.15) is 25.3 Å². The average molecular weight is 383 g/mol. The Kier molecular flexibility index (Phi) is 3.22. The van der Waals surface area contributed by atoms with Crippen molar-refractivity contribution in [3.05, 3.63) is 20.6 Å². The molecule has 0 fully saturated rings. The Balaban J connectivity index is 2.82. The molecule has 1 N–H and O–H groups in total. The van der Waals surface area contributed by atoms with Crippen molar-refractivity contribution in [3.8, 4) is 0 Å². The van der Waals surface area contributed by atoms with Gasteiger partial charge in [0.2, 0.25) is 0 Å². The van der Waals surface area contributed by atoms with E-state index in [0.717, 1.165) is 17.0 Å². The van der Waals surface area contributed by atoms with Crippen LogP contribution in [0, 0.1) is 0 Å². The third-order valence-corrected chi connectivity index (χ3v) is 5.72. The molecular formula is C10H9Br2NO3S. The zero-order valence-electron chi connectivity index (χ0n) is 9.03. The molecule has 0 saturated carbocycles. The predicted octanol–water partition coefficient (Wildman–Crippen LogP) is 3.67. The Morgan fingerprint density at radius 2 is 2.00 bits per heavy atom. The van der Waals surface area contributed by atoms with E-state index in [1.807, 2.05) is 13.8 Å². The molecule has 1 atom stereocenters. The zero-order valence-corrected chi connectivity index (χ0v) is 13.0. The summed E-state index contributed by atoms with van der Waals surface area (Å²) in [4.78, 5) is 4.21. The summed E-state index contributed by atoms with van der Waals surface area (Å²) in [6, 6.07) is 1.61. The molecule has 1 heterocycles. The summed E-state index contributed by atoms with van der Waals surface area (Å²) in [7, 11) is -4.27. The highest BCUT2D eigenvalue weighted by atomic mass is 79.9.